The summed E-state index contributed by atoms with van der Waals surface area (Å²) in [5, 5.41) is 9.18. The van der Waals surface area contributed by atoms with Gasteiger partial charge in [-0.25, -0.2) is 9.89 Å². The Balaban J connectivity index is 1.88. The Morgan fingerprint density at radius 3 is 2.93 bits per heavy atom. The van der Waals surface area contributed by atoms with E-state index in [1.165, 1.54) is 6.33 Å². The Hall–Kier alpha value is -1.63. The van der Waals surface area contributed by atoms with Crippen LogP contribution < -0.4 is 10.1 Å². The van der Waals surface area contributed by atoms with Crippen LogP contribution in [0.4, 0.5) is 4.79 Å². The highest BCUT2D eigenvalue weighted by atomic mass is 16.6. The molecule has 2 rings (SSSR count). The van der Waals surface area contributed by atoms with Crippen LogP contribution in [0.15, 0.2) is 6.33 Å². The lowest BCUT2D eigenvalue weighted by Crippen LogP contribution is -2.47. The molecule has 7 heteroatoms. The van der Waals surface area contributed by atoms with Gasteiger partial charge in [0.15, 0.2) is 0 Å². The Morgan fingerprint density at radius 1 is 1.50 bits per heavy atom. The summed E-state index contributed by atoms with van der Waals surface area (Å²) in [5.74, 6) is 0. The molecule has 0 unspecified atom stereocenters. The van der Waals surface area contributed by atoms with Crippen LogP contribution in [0.2, 0.25) is 0 Å². The summed E-state index contributed by atoms with van der Waals surface area (Å²) in [6, 6.07) is 0.133. The van der Waals surface area contributed by atoms with Gasteiger partial charge in [-0.2, -0.15) is 10.1 Å². The molecule has 1 fully saturated rings. The van der Waals surface area contributed by atoms with E-state index in [1.807, 2.05) is 0 Å². The van der Waals surface area contributed by atoms with Crippen molar-refractivity contribution < 1.29 is 9.53 Å². The van der Waals surface area contributed by atoms with E-state index in [0.29, 0.717) is 13.1 Å². The SMILES string of the molecule is O=C(Oc1ncn[nH]1)N1CCNCC1. The zero-order valence-electron chi connectivity index (χ0n) is 7.56. The molecule has 1 saturated heterocycles. The van der Waals surface area contributed by atoms with Crippen molar-refractivity contribution in [1.29, 1.82) is 0 Å². The van der Waals surface area contributed by atoms with Gasteiger partial charge in [0.1, 0.15) is 6.33 Å². The molecule has 2 N–H and O–H groups in total. The number of piperazine rings is 1. The van der Waals surface area contributed by atoms with Crippen molar-refractivity contribution in [2.75, 3.05) is 26.2 Å². The Kier molecular flexibility index (Phi) is 2.59. The Morgan fingerprint density at radius 2 is 2.29 bits per heavy atom. The molecule has 0 aliphatic carbocycles. The summed E-state index contributed by atoms with van der Waals surface area (Å²) in [5.41, 5.74) is 0. The molecule has 2 heterocycles. The largest absolute Gasteiger partial charge is 0.417 e. The van der Waals surface area contributed by atoms with Gasteiger partial charge in [0.05, 0.1) is 0 Å². The lowest BCUT2D eigenvalue weighted by Gasteiger charge is -2.25. The smallest absolute Gasteiger partial charge is 0.374 e. The molecule has 0 bridgehead atoms. The summed E-state index contributed by atoms with van der Waals surface area (Å²) in [6.45, 7) is 2.91. The number of hydrogen-bond acceptors (Lipinski definition) is 5. The zero-order chi connectivity index (χ0) is 9.80. The number of aromatic nitrogens is 3. The van der Waals surface area contributed by atoms with Crippen LogP contribution in [-0.4, -0.2) is 52.4 Å². The van der Waals surface area contributed by atoms with Crippen LogP contribution in [0.1, 0.15) is 0 Å². The molecule has 7 nitrogen and oxygen atoms in total. The molecular weight excluding hydrogens is 186 g/mol. The van der Waals surface area contributed by atoms with Gasteiger partial charge in [0.2, 0.25) is 0 Å². The lowest BCUT2D eigenvalue weighted by atomic mass is 10.4. The van der Waals surface area contributed by atoms with Crippen LogP contribution in [-0.2, 0) is 0 Å². The third-order valence-electron chi connectivity index (χ3n) is 1.95. The van der Waals surface area contributed by atoms with Crippen molar-refractivity contribution in [3.63, 3.8) is 0 Å². The highest BCUT2D eigenvalue weighted by Gasteiger charge is 2.18. The average Bonchev–Trinajstić information content (AvgIpc) is 2.72. The average molecular weight is 197 g/mol. The predicted molar refractivity (Wildman–Crippen MR) is 46.8 cm³/mol. The van der Waals surface area contributed by atoms with E-state index in [-0.39, 0.29) is 12.1 Å². The molecule has 1 amide bonds. The van der Waals surface area contributed by atoms with Crippen molar-refractivity contribution >= 4 is 6.09 Å². The van der Waals surface area contributed by atoms with E-state index in [0.717, 1.165) is 13.1 Å². The number of rotatable bonds is 1. The molecule has 1 aromatic heterocycles. The number of H-pyrrole nitrogens is 1. The van der Waals surface area contributed by atoms with Crippen molar-refractivity contribution in [2.45, 2.75) is 0 Å². The van der Waals surface area contributed by atoms with Crippen LogP contribution in [0.25, 0.3) is 0 Å². The summed E-state index contributed by atoms with van der Waals surface area (Å²) < 4.78 is 4.92. The molecule has 1 aliphatic heterocycles. The molecule has 0 saturated carbocycles. The number of amides is 1. The first-order valence-corrected chi connectivity index (χ1v) is 4.39. The zero-order valence-corrected chi connectivity index (χ0v) is 7.56. The number of ether oxygens (including phenoxy) is 1. The second-order valence-corrected chi connectivity index (χ2v) is 2.90. The van der Waals surface area contributed by atoms with Gasteiger partial charge in [0, 0.05) is 26.2 Å². The van der Waals surface area contributed by atoms with Crippen LogP contribution in [0.3, 0.4) is 0 Å². The first-order valence-electron chi connectivity index (χ1n) is 4.39. The summed E-state index contributed by atoms with van der Waals surface area (Å²) >= 11 is 0. The van der Waals surface area contributed by atoms with Crippen molar-refractivity contribution in [1.82, 2.24) is 25.4 Å². The minimum absolute atomic E-state index is 0.133. The molecule has 0 atom stereocenters. The molecule has 1 aliphatic rings. The van der Waals surface area contributed by atoms with Gasteiger partial charge in [0.25, 0.3) is 0 Å². The Labute approximate surface area is 80.5 Å². The van der Waals surface area contributed by atoms with Gasteiger partial charge >= 0.3 is 12.1 Å². The van der Waals surface area contributed by atoms with E-state index in [1.54, 1.807) is 4.90 Å². The van der Waals surface area contributed by atoms with E-state index >= 15 is 0 Å². The van der Waals surface area contributed by atoms with Crippen molar-refractivity contribution in [2.24, 2.45) is 0 Å². The monoisotopic (exact) mass is 197 g/mol. The summed E-state index contributed by atoms with van der Waals surface area (Å²) in [4.78, 5) is 16.8. The molecule has 0 radical (unpaired) electrons. The van der Waals surface area contributed by atoms with Gasteiger partial charge in [-0.05, 0) is 0 Å². The molecule has 14 heavy (non-hydrogen) atoms. The fourth-order valence-corrected chi connectivity index (χ4v) is 1.24. The van der Waals surface area contributed by atoms with Gasteiger partial charge < -0.3 is 15.0 Å². The quantitative estimate of drug-likeness (QED) is 0.616. The highest BCUT2D eigenvalue weighted by molar-refractivity contribution is 5.69. The van der Waals surface area contributed by atoms with E-state index in [9.17, 15) is 4.79 Å². The van der Waals surface area contributed by atoms with Crippen molar-refractivity contribution in [3.05, 3.63) is 6.33 Å². The molecule has 0 aromatic carbocycles. The molecule has 1 aromatic rings. The maximum absolute atomic E-state index is 11.5. The number of carbonyl (C=O) groups excluding carboxylic acids is 1. The first kappa shape index (κ1) is 8.95. The topological polar surface area (TPSA) is 83.1 Å². The van der Waals surface area contributed by atoms with Crippen LogP contribution in [0, 0.1) is 0 Å². The molecule has 76 valence electrons. The lowest BCUT2D eigenvalue weighted by molar-refractivity contribution is 0.142. The first-order chi connectivity index (χ1) is 6.86. The number of aromatic amines is 1. The number of nitrogens with one attached hydrogen (secondary N) is 2. The fraction of sp³-hybridized carbons (Fsp3) is 0.571. The highest BCUT2D eigenvalue weighted by Crippen LogP contribution is 2.01. The van der Waals surface area contributed by atoms with E-state index in [2.05, 4.69) is 20.5 Å². The van der Waals surface area contributed by atoms with Crippen molar-refractivity contribution in [3.8, 4) is 6.01 Å². The van der Waals surface area contributed by atoms with Crippen LogP contribution in [0.5, 0.6) is 6.01 Å². The second kappa shape index (κ2) is 4.05. The number of carbonyl (C=O) groups is 1. The number of hydrogen-bond donors (Lipinski definition) is 2. The minimum atomic E-state index is -0.386. The fourth-order valence-electron chi connectivity index (χ4n) is 1.24. The normalized spacial score (nSPS) is 16.7. The Bertz CT molecular complexity index is 293. The van der Waals surface area contributed by atoms with E-state index < -0.39 is 0 Å². The maximum atomic E-state index is 11.5. The molecular formula is C7H11N5O2. The second-order valence-electron chi connectivity index (χ2n) is 2.90. The summed E-state index contributed by atoms with van der Waals surface area (Å²) in [7, 11) is 0. The van der Waals surface area contributed by atoms with Gasteiger partial charge in [-0.15, -0.1) is 0 Å². The van der Waals surface area contributed by atoms with Gasteiger partial charge in [-0.1, -0.05) is 0 Å². The predicted octanol–water partition coefficient (Wildman–Crippen LogP) is -0.791. The minimum Gasteiger partial charge on any atom is -0.374 e. The van der Waals surface area contributed by atoms with Crippen LogP contribution >= 0.6 is 0 Å². The standard InChI is InChI=1S/C7H11N5O2/c13-7(12-3-1-8-2-4-12)14-6-9-5-10-11-6/h5,8H,1-4H2,(H,9,10,11). The summed E-state index contributed by atoms with van der Waals surface area (Å²) in [6.07, 6.45) is 0.906. The number of nitrogens with zero attached hydrogens (tertiary/aromatic N) is 3. The molecule has 0 spiro atoms. The van der Waals surface area contributed by atoms with Gasteiger partial charge in [-0.3, -0.25) is 0 Å². The van der Waals surface area contributed by atoms with E-state index in [4.69, 9.17) is 4.74 Å². The maximum Gasteiger partial charge on any atom is 0.417 e. The third kappa shape index (κ3) is 1.99. The third-order valence-corrected chi connectivity index (χ3v) is 1.95.